The van der Waals surface area contributed by atoms with Gasteiger partial charge in [-0.05, 0) is 12.0 Å². The predicted molar refractivity (Wildman–Crippen MR) is 61.3 cm³/mol. The summed E-state index contributed by atoms with van der Waals surface area (Å²) in [5.74, 6) is 0.0136. The van der Waals surface area contributed by atoms with Crippen LogP contribution in [-0.4, -0.2) is 21.7 Å². The molecule has 0 aromatic heterocycles. The Morgan fingerprint density at radius 3 is 2.38 bits per heavy atom. The fourth-order valence-electron chi connectivity index (χ4n) is 1.39. The van der Waals surface area contributed by atoms with E-state index in [0.717, 1.165) is 5.56 Å². The normalized spacial score (nSPS) is 11.4. The second-order valence-corrected chi connectivity index (χ2v) is 5.47. The van der Waals surface area contributed by atoms with Gasteiger partial charge in [0.2, 0.25) is 0 Å². The molecule has 0 aliphatic carbocycles. The van der Waals surface area contributed by atoms with Crippen molar-refractivity contribution < 1.29 is 19.1 Å². The Morgan fingerprint density at radius 2 is 1.81 bits per heavy atom. The quantitative estimate of drug-likeness (QED) is 0.745. The van der Waals surface area contributed by atoms with Crippen molar-refractivity contribution in [1.82, 2.24) is 0 Å². The van der Waals surface area contributed by atoms with Crippen molar-refractivity contribution in [2.24, 2.45) is 0 Å². The molecule has 0 saturated heterocycles. The molecular weight excluding hydrogens is 227 g/mol. The summed E-state index contributed by atoms with van der Waals surface area (Å²) in [5.41, 5.74) is 0.934. The second-order valence-electron chi connectivity index (χ2n) is 3.69. The lowest BCUT2D eigenvalue weighted by atomic mass is 10.1. The maximum Gasteiger partial charge on any atom is 0.325 e. The molecule has 0 fully saturated rings. The number of carbonyl (C=O) groups is 1. The van der Waals surface area contributed by atoms with E-state index in [0.29, 0.717) is 6.42 Å². The minimum Gasteiger partial charge on any atom is -0.324 e. The number of ketones is 1. The van der Waals surface area contributed by atoms with Gasteiger partial charge in [-0.3, -0.25) is 9.36 Å². The molecule has 88 valence electrons. The molecule has 1 aromatic rings. The van der Waals surface area contributed by atoms with Gasteiger partial charge in [0.1, 0.15) is 5.78 Å². The standard InChI is InChI=1S/C11H15O4P/c12-11(7-4-8-16(13,14)15)9-10-5-2-1-3-6-10/h1-3,5-6H,4,7-9H2,(H2,13,14,15). The maximum absolute atomic E-state index is 11.4. The molecule has 1 rings (SSSR count). The molecule has 0 aliphatic heterocycles. The van der Waals surface area contributed by atoms with E-state index in [1.165, 1.54) is 0 Å². The Kier molecular flexibility index (Phi) is 4.87. The van der Waals surface area contributed by atoms with Crippen molar-refractivity contribution in [3.63, 3.8) is 0 Å². The first-order chi connectivity index (χ1) is 7.47. The highest BCUT2D eigenvalue weighted by Crippen LogP contribution is 2.35. The van der Waals surface area contributed by atoms with Crippen LogP contribution in [0.1, 0.15) is 18.4 Å². The van der Waals surface area contributed by atoms with Gasteiger partial charge >= 0.3 is 7.60 Å². The zero-order valence-corrected chi connectivity index (χ0v) is 9.77. The van der Waals surface area contributed by atoms with Crippen molar-refractivity contribution >= 4 is 13.4 Å². The monoisotopic (exact) mass is 242 g/mol. The number of hydrogen-bond donors (Lipinski definition) is 2. The summed E-state index contributed by atoms with van der Waals surface area (Å²) in [6, 6.07) is 9.32. The summed E-state index contributed by atoms with van der Waals surface area (Å²) in [4.78, 5) is 28.7. The highest BCUT2D eigenvalue weighted by Gasteiger charge is 2.13. The minimum atomic E-state index is -3.96. The second kappa shape index (κ2) is 5.94. The summed E-state index contributed by atoms with van der Waals surface area (Å²) < 4.78 is 10.6. The molecule has 0 aliphatic rings. The van der Waals surface area contributed by atoms with E-state index >= 15 is 0 Å². The van der Waals surface area contributed by atoms with E-state index in [-0.39, 0.29) is 24.8 Å². The number of carbonyl (C=O) groups excluding carboxylic acids is 1. The van der Waals surface area contributed by atoms with Crippen LogP contribution in [0.3, 0.4) is 0 Å². The van der Waals surface area contributed by atoms with Crippen LogP contribution in [0.2, 0.25) is 0 Å². The van der Waals surface area contributed by atoms with Gasteiger partial charge in [-0.15, -0.1) is 0 Å². The van der Waals surface area contributed by atoms with Gasteiger partial charge in [-0.25, -0.2) is 0 Å². The van der Waals surface area contributed by atoms with E-state index in [4.69, 9.17) is 9.79 Å². The van der Waals surface area contributed by atoms with Crippen LogP contribution in [0, 0.1) is 0 Å². The van der Waals surface area contributed by atoms with Crippen LogP contribution in [-0.2, 0) is 15.8 Å². The molecule has 2 N–H and O–H groups in total. The van der Waals surface area contributed by atoms with Gasteiger partial charge in [-0.2, -0.15) is 0 Å². The Labute approximate surface area is 94.5 Å². The van der Waals surface area contributed by atoms with Gasteiger partial charge < -0.3 is 9.79 Å². The summed E-state index contributed by atoms with van der Waals surface area (Å²) >= 11 is 0. The molecule has 0 unspecified atom stereocenters. The Morgan fingerprint density at radius 1 is 1.19 bits per heavy atom. The van der Waals surface area contributed by atoms with Crippen LogP contribution >= 0.6 is 7.60 Å². The van der Waals surface area contributed by atoms with Crippen molar-refractivity contribution in [1.29, 1.82) is 0 Å². The molecule has 0 heterocycles. The van der Waals surface area contributed by atoms with Crippen molar-refractivity contribution in [3.05, 3.63) is 35.9 Å². The van der Waals surface area contributed by atoms with E-state index < -0.39 is 7.60 Å². The average Bonchev–Trinajstić information content (AvgIpc) is 2.17. The molecule has 0 radical (unpaired) electrons. The molecule has 0 atom stereocenters. The molecule has 1 aromatic carbocycles. The highest BCUT2D eigenvalue weighted by atomic mass is 31.2. The van der Waals surface area contributed by atoms with Crippen molar-refractivity contribution in [2.75, 3.05) is 6.16 Å². The maximum atomic E-state index is 11.4. The largest absolute Gasteiger partial charge is 0.325 e. The molecule has 5 heteroatoms. The van der Waals surface area contributed by atoms with Gasteiger partial charge in [0.05, 0.1) is 6.16 Å². The SMILES string of the molecule is O=C(CCCP(=O)(O)O)Cc1ccccc1. The molecule has 16 heavy (non-hydrogen) atoms. The summed E-state index contributed by atoms with van der Waals surface area (Å²) in [6.45, 7) is 0. The average molecular weight is 242 g/mol. The van der Waals surface area contributed by atoms with Crippen molar-refractivity contribution in [2.45, 2.75) is 19.3 Å². The van der Waals surface area contributed by atoms with Crippen LogP contribution in [0.15, 0.2) is 30.3 Å². The highest BCUT2D eigenvalue weighted by molar-refractivity contribution is 7.51. The number of rotatable bonds is 6. The van der Waals surface area contributed by atoms with Crippen LogP contribution < -0.4 is 0 Å². The molecule has 0 spiro atoms. The third kappa shape index (κ3) is 5.81. The third-order valence-electron chi connectivity index (χ3n) is 2.15. The first-order valence-electron chi connectivity index (χ1n) is 5.07. The summed E-state index contributed by atoms with van der Waals surface area (Å²) in [7, 11) is -3.96. The lowest BCUT2D eigenvalue weighted by molar-refractivity contribution is -0.118. The van der Waals surface area contributed by atoms with Crippen LogP contribution in [0.25, 0.3) is 0 Å². The molecule has 4 nitrogen and oxygen atoms in total. The van der Waals surface area contributed by atoms with Crippen LogP contribution in [0.5, 0.6) is 0 Å². The molecule has 0 bridgehead atoms. The van der Waals surface area contributed by atoms with E-state index in [2.05, 4.69) is 0 Å². The van der Waals surface area contributed by atoms with Crippen LogP contribution in [0.4, 0.5) is 0 Å². The van der Waals surface area contributed by atoms with E-state index in [1.54, 1.807) is 0 Å². The van der Waals surface area contributed by atoms with Gasteiger partial charge in [0.15, 0.2) is 0 Å². The van der Waals surface area contributed by atoms with Gasteiger partial charge in [-0.1, -0.05) is 30.3 Å². The zero-order chi connectivity index (χ0) is 12.0. The number of Topliss-reactive ketones (excluding diaryl/α,β-unsaturated/α-hetero) is 1. The topological polar surface area (TPSA) is 74.6 Å². The van der Waals surface area contributed by atoms with Gasteiger partial charge in [0.25, 0.3) is 0 Å². The van der Waals surface area contributed by atoms with Gasteiger partial charge in [0, 0.05) is 12.8 Å². The van der Waals surface area contributed by atoms with Crippen molar-refractivity contribution in [3.8, 4) is 0 Å². The number of hydrogen-bond acceptors (Lipinski definition) is 2. The van der Waals surface area contributed by atoms with E-state index in [1.807, 2.05) is 30.3 Å². The lowest BCUT2D eigenvalue weighted by Gasteiger charge is -2.03. The predicted octanol–water partition coefficient (Wildman–Crippen LogP) is 1.76. The Hall–Kier alpha value is -0.960. The smallest absolute Gasteiger partial charge is 0.324 e. The molecule has 0 amide bonds. The Balaban J connectivity index is 2.30. The zero-order valence-electron chi connectivity index (χ0n) is 8.87. The summed E-state index contributed by atoms with van der Waals surface area (Å²) in [5, 5.41) is 0. The third-order valence-corrected chi connectivity index (χ3v) is 3.05. The first-order valence-corrected chi connectivity index (χ1v) is 6.87. The summed E-state index contributed by atoms with van der Waals surface area (Å²) in [6.07, 6.45) is 0.589. The fourth-order valence-corrected chi connectivity index (χ4v) is 1.96. The van der Waals surface area contributed by atoms with E-state index in [9.17, 15) is 9.36 Å². The molecular formula is C11H15O4P. The molecule has 0 saturated carbocycles. The first kappa shape index (κ1) is 13.1. The number of benzene rings is 1. The minimum absolute atomic E-state index is 0.0136. The fraction of sp³-hybridized carbons (Fsp3) is 0.364. The lowest BCUT2D eigenvalue weighted by Crippen LogP contribution is -2.03. The Bertz CT molecular complexity index is 382.